The molecule has 388 valence electrons. The maximum Gasteiger partial charge on any atom is 0.472 e. The highest BCUT2D eigenvalue weighted by atomic mass is 31.2. The first kappa shape index (κ1) is 62.5. The van der Waals surface area contributed by atoms with Gasteiger partial charge in [-0.05, 0) is 83.5 Å². The Kier molecular flexibility index (Phi) is 37.5. The minimum absolute atomic E-state index is 0.0292. The molecule has 10 atom stereocenters. The van der Waals surface area contributed by atoms with E-state index in [2.05, 4.69) is 56.4 Å². The molecule has 1 saturated carbocycles. The molecule has 0 aromatic heterocycles. The van der Waals surface area contributed by atoms with Crippen molar-refractivity contribution >= 4 is 19.8 Å². The van der Waals surface area contributed by atoms with Gasteiger partial charge in [0.15, 0.2) is 6.10 Å². The highest BCUT2D eigenvalue weighted by molar-refractivity contribution is 7.47. The van der Waals surface area contributed by atoms with Crippen LogP contribution in [0.25, 0.3) is 0 Å². The molecular formula is C51H89O15P. The van der Waals surface area contributed by atoms with E-state index in [9.17, 15) is 54.8 Å². The third-order valence-corrected chi connectivity index (χ3v) is 12.5. The second-order valence-corrected chi connectivity index (χ2v) is 19.0. The highest BCUT2D eigenvalue weighted by Gasteiger charge is 2.51. The van der Waals surface area contributed by atoms with Crippen molar-refractivity contribution < 1.29 is 73.3 Å². The summed E-state index contributed by atoms with van der Waals surface area (Å²) in [7, 11) is -5.19. The predicted octanol–water partition coefficient (Wildman–Crippen LogP) is 8.45. The minimum atomic E-state index is -5.19. The Morgan fingerprint density at radius 1 is 0.522 bits per heavy atom. The van der Waals surface area contributed by atoms with Crippen LogP contribution in [0.2, 0.25) is 0 Å². The van der Waals surface area contributed by atoms with Crippen LogP contribution >= 0.6 is 7.82 Å². The van der Waals surface area contributed by atoms with E-state index in [-0.39, 0.29) is 32.1 Å². The van der Waals surface area contributed by atoms with E-state index in [1.165, 1.54) is 64.2 Å². The second kappa shape index (κ2) is 40.2. The van der Waals surface area contributed by atoms with Gasteiger partial charge in [0.1, 0.15) is 43.2 Å². The zero-order chi connectivity index (χ0) is 49.5. The first-order valence-electron chi connectivity index (χ1n) is 25.3. The van der Waals surface area contributed by atoms with E-state index < -0.39 is 87.9 Å². The molecule has 0 spiro atoms. The van der Waals surface area contributed by atoms with Gasteiger partial charge in [0.2, 0.25) is 0 Å². The molecule has 5 unspecified atom stereocenters. The van der Waals surface area contributed by atoms with Crippen molar-refractivity contribution in [2.75, 3.05) is 13.2 Å². The van der Waals surface area contributed by atoms with Crippen molar-refractivity contribution in [3.05, 3.63) is 60.8 Å². The number of ether oxygens (including phenoxy) is 2. The monoisotopic (exact) mass is 973 g/mol. The van der Waals surface area contributed by atoms with Crippen molar-refractivity contribution in [3.8, 4) is 0 Å². The topological polar surface area (TPSA) is 250 Å². The first-order chi connectivity index (χ1) is 32.2. The van der Waals surface area contributed by atoms with E-state index >= 15 is 0 Å². The van der Waals surface area contributed by atoms with Crippen LogP contribution < -0.4 is 0 Å². The molecule has 0 aliphatic heterocycles. The molecule has 0 amide bonds. The van der Waals surface area contributed by atoms with Crippen LogP contribution in [-0.4, -0.2) is 121 Å². The number of unbranched alkanes of at least 4 members (excludes halogenated alkanes) is 15. The lowest BCUT2D eigenvalue weighted by molar-refractivity contribution is -0.220. The molecular weight excluding hydrogens is 884 g/mol. The van der Waals surface area contributed by atoms with Crippen LogP contribution in [0.5, 0.6) is 0 Å². The van der Waals surface area contributed by atoms with Crippen molar-refractivity contribution in [3.63, 3.8) is 0 Å². The van der Waals surface area contributed by atoms with Crippen molar-refractivity contribution in [2.45, 2.75) is 236 Å². The predicted molar refractivity (Wildman–Crippen MR) is 261 cm³/mol. The lowest BCUT2D eigenvalue weighted by atomic mass is 9.85. The summed E-state index contributed by atoms with van der Waals surface area (Å²) >= 11 is 0. The van der Waals surface area contributed by atoms with Gasteiger partial charge < -0.3 is 50.1 Å². The molecule has 1 rings (SSSR count). The number of hydrogen-bond acceptors (Lipinski definition) is 14. The summed E-state index contributed by atoms with van der Waals surface area (Å²) in [6.45, 7) is 3.00. The van der Waals surface area contributed by atoms with Gasteiger partial charge in [-0.15, -0.1) is 0 Å². The number of allylic oxidation sites excluding steroid dienone is 9. The Bertz CT molecular complexity index is 1430. The molecule has 67 heavy (non-hydrogen) atoms. The molecule has 0 radical (unpaired) electrons. The number of rotatable bonds is 41. The summed E-state index contributed by atoms with van der Waals surface area (Å²) in [5.41, 5.74) is 0. The molecule has 1 fully saturated rings. The normalized spacial score (nSPS) is 22.6. The van der Waals surface area contributed by atoms with Gasteiger partial charge in [-0.25, -0.2) is 4.57 Å². The molecule has 0 heterocycles. The van der Waals surface area contributed by atoms with E-state index in [0.29, 0.717) is 12.8 Å². The Labute approximate surface area is 401 Å². The maximum atomic E-state index is 12.9. The first-order valence-corrected chi connectivity index (χ1v) is 26.8. The molecule has 0 saturated heterocycles. The molecule has 15 nitrogen and oxygen atoms in total. The number of phosphoric ester groups is 1. The molecule has 0 bridgehead atoms. The average Bonchev–Trinajstić information content (AvgIpc) is 3.30. The molecule has 1 aliphatic carbocycles. The van der Waals surface area contributed by atoms with Crippen LogP contribution in [-0.2, 0) is 32.7 Å². The molecule has 0 aromatic carbocycles. The van der Waals surface area contributed by atoms with Crippen molar-refractivity contribution in [1.82, 2.24) is 0 Å². The van der Waals surface area contributed by atoms with Gasteiger partial charge in [0.05, 0.1) is 18.8 Å². The third kappa shape index (κ3) is 32.1. The number of esters is 2. The fourth-order valence-electron chi connectivity index (χ4n) is 7.30. The zero-order valence-corrected chi connectivity index (χ0v) is 41.5. The molecule has 8 N–H and O–H groups in total. The quantitative estimate of drug-likeness (QED) is 0.0124. The number of aliphatic hydroxyl groups is 7. The van der Waals surface area contributed by atoms with Gasteiger partial charge in [-0.3, -0.25) is 18.6 Å². The lowest BCUT2D eigenvalue weighted by Crippen LogP contribution is -2.64. The summed E-state index contributed by atoms with van der Waals surface area (Å²) in [6.07, 6.45) is 28.4. The Morgan fingerprint density at radius 2 is 0.955 bits per heavy atom. The van der Waals surface area contributed by atoms with Crippen LogP contribution in [0.15, 0.2) is 60.8 Å². The largest absolute Gasteiger partial charge is 0.472 e. The number of carbonyl (C=O) groups is 2. The van der Waals surface area contributed by atoms with Gasteiger partial charge in [0, 0.05) is 12.8 Å². The van der Waals surface area contributed by atoms with Gasteiger partial charge in [0.25, 0.3) is 0 Å². The van der Waals surface area contributed by atoms with Crippen LogP contribution in [0, 0.1) is 0 Å². The van der Waals surface area contributed by atoms with Crippen LogP contribution in [0.1, 0.15) is 181 Å². The molecule has 1 aliphatic rings. The van der Waals surface area contributed by atoms with E-state index in [4.69, 9.17) is 18.5 Å². The van der Waals surface area contributed by atoms with Gasteiger partial charge in [-0.1, -0.05) is 145 Å². The number of aliphatic hydroxyl groups excluding tert-OH is 7. The van der Waals surface area contributed by atoms with Crippen molar-refractivity contribution in [2.24, 2.45) is 0 Å². The van der Waals surface area contributed by atoms with Crippen molar-refractivity contribution in [1.29, 1.82) is 0 Å². The van der Waals surface area contributed by atoms with E-state index in [0.717, 1.165) is 57.8 Å². The second-order valence-electron chi connectivity index (χ2n) is 17.6. The SMILES string of the molecule is CCCCC/C=C\C/C=C\C/C=C\CC(O)C(O)CCCC(=O)OC[C@H](COP(=O)(O)OC1[C@H](O)[C@H](O)C(O)[C@H](O)[C@H]1O)OC(=O)CCCCCCCCCCC/C=C\C/C=C\CCCCC. The standard InChI is InChI=1S/C51H89O15P/c1-3-5-7-9-11-13-15-17-18-19-20-21-22-23-25-27-29-31-33-37-45(55)65-41(40-64-67(61,62)66-51-49(59)47(57)46(56)48(58)50(51)60)39-63-44(54)38-34-36-43(53)42(52)35-32-30-28-26-24-16-14-12-10-8-6-4-2/h11-14,17-18,24,26,30,32,41-43,46-53,56-60H,3-10,15-16,19-23,25,27-29,31,33-40H2,1-2H3,(H,61,62)/b13-11-,14-12-,18-17-,26-24-,32-30-/t41-,42?,43?,46?,47-,48+,49-,50-,51?/m1/s1. The Morgan fingerprint density at radius 3 is 1.48 bits per heavy atom. The van der Waals surface area contributed by atoms with E-state index in [1.807, 2.05) is 12.2 Å². The fraction of sp³-hybridized carbons (Fsp3) is 0.765. The third-order valence-electron chi connectivity index (χ3n) is 11.5. The fourth-order valence-corrected chi connectivity index (χ4v) is 8.28. The van der Waals surface area contributed by atoms with Crippen LogP contribution in [0.4, 0.5) is 0 Å². The van der Waals surface area contributed by atoms with Crippen LogP contribution in [0.3, 0.4) is 0 Å². The Balaban J connectivity index is 2.52. The molecule has 16 heteroatoms. The summed E-state index contributed by atoms with van der Waals surface area (Å²) < 4.78 is 33.4. The minimum Gasteiger partial charge on any atom is -0.462 e. The van der Waals surface area contributed by atoms with Gasteiger partial charge >= 0.3 is 19.8 Å². The summed E-state index contributed by atoms with van der Waals surface area (Å²) in [5.74, 6) is -1.39. The highest BCUT2D eigenvalue weighted by Crippen LogP contribution is 2.47. The smallest absolute Gasteiger partial charge is 0.462 e. The number of phosphoric acid groups is 1. The number of hydrogen-bond donors (Lipinski definition) is 8. The molecule has 0 aromatic rings. The summed E-state index contributed by atoms with van der Waals surface area (Å²) in [6, 6.07) is 0. The average molecular weight is 973 g/mol. The lowest BCUT2D eigenvalue weighted by Gasteiger charge is -2.41. The van der Waals surface area contributed by atoms with E-state index in [1.54, 1.807) is 6.08 Å². The maximum absolute atomic E-state index is 12.9. The van der Waals surface area contributed by atoms with Gasteiger partial charge in [-0.2, -0.15) is 0 Å². The number of carbonyl (C=O) groups excluding carboxylic acids is 2. The zero-order valence-electron chi connectivity index (χ0n) is 40.7. The Hall–Kier alpha value is -2.53. The summed E-state index contributed by atoms with van der Waals surface area (Å²) in [4.78, 5) is 35.9. The summed E-state index contributed by atoms with van der Waals surface area (Å²) in [5, 5.41) is 71.0.